The maximum absolute atomic E-state index is 12.4. The molecule has 0 radical (unpaired) electrons. The van der Waals surface area contributed by atoms with Crippen LogP contribution in [0.25, 0.3) is 11.0 Å². The second-order valence-corrected chi connectivity index (χ2v) is 7.34. The van der Waals surface area contributed by atoms with E-state index in [0.717, 1.165) is 35.8 Å². The van der Waals surface area contributed by atoms with Crippen molar-refractivity contribution in [3.8, 4) is 0 Å². The fourth-order valence-corrected chi connectivity index (χ4v) is 4.25. The van der Waals surface area contributed by atoms with Gasteiger partial charge >= 0.3 is 0 Å². The minimum Gasteiger partial charge on any atom is -0.464 e. The second-order valence-electron chi connectivity index (χ2n) is 7.34. The number of hydrogen-bond acceptors (Lipinski definition) is 2. The molecule has 1 saturated carbocycles. The Morgan fingerprint density at radius 2 is 1.96 bits per heavy atom. The van der Waals surface area contributed by atoms with Gasteiger partial charge < -0.3 is 9.73 Å². The first-order valence-electron chi connectivity index (χ1n) is 9.02. The first kappa shape index (κ1) is 14.8. The summed E-state index contributed by atoms with van der Waals surface area (Å²) in [5.41, 5.74) is 4.80. The third kappa shape index (κ3) is 2.89. The van der Waals surface area contributed by atoms with Crippen LogP contribution in [0.3, 0.4) is 0 Å². The highest BCUT2D eigenvalue weighted by atomic mass is 16.3. The lowest BCUT2D eigenvalue weighted by atomic mass is 9.86. The van der Waals surface area contributed by atoms with Gasteiger partial charge in [0.1, 0.15) is 5.58 Å². The minimum atomic E-state index is 0.131. The molecule has 2 aliphatic carbocycles. The lowest BCUT2D eigenvalue weighted by Crippen LogP contribution is -2.41. The van der Waals surface area contributed by atoms with Gasteiger partial charge in [-0.3, -0.25) is 4.79 Å². The van der Waals surface area contributed by atoms with Crippen LogP contribution >= 0.6 is 0 Å². The molecule has 122 valence electrons. The fraction of sp³-hybridized carbons (Fsp3) is 0.550. The molecule has 1 aromatic carbocycles. The van der Waals surface area contributed by atoms with E-state index >= 15 is 0 Å². The summed E-state index contributed by atoms with van der Waals surface area (Å²) in [5.74, 6) is 0.726. The van der Waals surface area contributed by atoms with Crippen molar-refractivity contribution >= 4 is 16.9 Å². The van der Waals surface area contributed by atoms with E-state index < -0.39 is 0 Å². The van der Waals surface area contributed by atoms with Crippen molar-refractivity contribution < 1.29 is 9.21 Å². The topological polar surface area (TPSA) is 42.2 Å². The third-order valence-corrected chi connectivity index (χ3v) is 5.68. The molecule has 1 fully saturated rings. The van der Waals surface area contributed by atoms with E-state index in [-0.39, 0.29) is 5.91 Å². The van der Waals surface area contributed by atoms with Crippen molar-refractivity contribution in [2.45, 2.75) is 64.3 Å². The number of furan rings is 1. The molecule has 3 nitrogen and oxygen atoms in total. The number of aryl methyl sites for hydroxylation is 2. The number of amides is 1. The van der Waals surface area contributed by atoms with Gasteiger partial charge in [-0.25, -0.2) is 0 Å². The molecule has 2 aromatic rings. The summed E-state index contributed by atoms with van der Waals surface area (Å²) < 4.78 is 5.71. The highest BCUT2D eigenvalue weighted by molar-refractivity contribution is 5.88. The zero-order chi connectivity index (χ0) is 15.8. The van der Waals surface area contributed by atoms with Gasteiger partial charge in [0.15, 0.2) is 0 Å². The van der Waals surface area contributed by atoms with Gasteiger partial charge in [0.2, 0.25) is 5.91 Å². The molecule has 0 saturated heterocycles. The largest absolute Gasteiger partial charge is 0.464 e. The van der Waals surface area contributed by atoms with E-state index in [2.05, 4.69) is 24.4 Å². The molecule has 23 heavy (non-hydrogen) atoms. The molecule has 2 atom stereocenters. The fourth-order valence-electron chi connectivity index (χ4n) is 4.25. The van der Waals surface area contributed by atoms with Crippen LogP contribution in [0.4, 0.5) is 0 Å². The molecule has 0 aliphatic heterocycles. The number of benzene rings is 1. The molecule has 4 rings (SSSR count). The van der Waals surface area contributed by atoms with Gasteiger partial charge in [0, 0.05) is 17.0 Å². The van der Waals surface area contributed by atoms with Gasteiger partial charge in [-0.15, -0.1) is 0 Å². The molecule has 1 amide bonds. The van der Waals surface area contributed by atoms with Gasteiger partial charge in [0.25, 0.3) is 0 Å². The number of nitrogens with one attached hydrogen (secondary N) is 1. The zero-order valence-corrected chi connectivity index (χ0v) is 13.9. The number of rotatable bonds is 3. The van der Waals surface area contributed by atoms with E-state index in [1.165, 1.54) is 36.8 Å². The Hall–Kier alpha value is -1.77. The van der Waals surface area contributed by atoms with Gasteiger partial charge in [-0.05, 0) is 61.3 Å². The van der Waals surface area contributed by atoms with Crippen LogP contribution < -0.4 is 5.32 Å². The molecule has 0 spiro atoms. The predicted molar refractivity (Wildman–Crippen MR) is 91.5 cm³/mol. The monoisotopic (exact) mass is 311 g/mol. The smallest absolute Gasteiger partial charge is 0.224 e. The second kappa shape index (κ2) is 6.03. The lowest BCUT2D eigenvalue weighted by molar-refractivity contribution is -0.121. The summed E-state index contributed by atoms with van der Waals surface area (Å²) in [6.07, 6.45) is 10.6. The first-order chi connectivity index (χ1) is 11.2. The highest BCUT2D eigenvalue weighted by Gasteiger charge is 2.23. The Morgan fingerprint density at radius 1 is 1.17 bits per heavy atom. The van der Waals surface area contributed by atoms with Crippen molar-refractivity contribution in [1.29, 1.82) is 0 Å². The standard InChI is InChI=1S/C20H25NO2/c1-13-5-2-3-8-18(13)21-20(22)11-16-12-23-19-10-15-7-4-6-14(15)9-17(16)19/h9-10,12-13,18H,2-8,11H2,1H3,(H,21,22). The van der Waals surface area contributed by atoms with Crippen LogP contribution in [-0.4, -0.2) is 11.9 Å². The van der Waals surface area contributed by atoms with Crippen LogP contribution in [0, 0.1) is 5.92 Å². The van der Waals surface area contributed by atoms with E-state index in [9.17, 15) is 4.79 Å². The third-order valence-electron chi connectivity index (χ3n) is 5.68. The predicted octanol–water partition coefficient (Wildman–Crippen LogP) is 4.16. The Labute approximate surface area is 137 Å². The van der Waals surface area contributed by atoms with Crippen LogP contribution in [0.5, 0.6) is 0 Å². The summed E-state index contributed by atoms with van der Waals surface area (Å²) in [4.78, 5) is 12.4. The molecule has 1 aromatic heterocycles. The van der Waals surface area contributed by atoms with Crippen LogP contribution in [0.2, 0.25) is 0 Å². The molecular weight excluding hydrogens is 286 g/mol. The van der Waals surface area contributed by atoms with Crippen molar-refractivity contribution in [1.82, 2.24) is 5.32 Å². The molecule has 3 heteroatoms. The summed E-state index contributed by atoms with van der Waals surface area (Å²) >= 11 is 0. The Kier molecular flexibility index (Phi) is 3.88. The minimum absolute atomic E-state index is 0.131. The van der Waals surface area contributed by atoms with Crippen molar-refractivity contribution in [3.05, 3.63) is 35.1 Å². The Bertz CT molecular complexity index is 731. The number of carbonyl (C=O) groups excluding carboxylic acids is 1. The van der Waals surface area contributed by atoms with Gasteiger partial charge in [-0.1, -0.05) is 19.8 Å². The van der Waals surface area contributed by atoms with Crippen molar-refractivity contribution in [3.63, 3.8) is 0 Å². The van der Waals surface area contributed by atoms with E-state index in [4.69, 9.17) is 4.42 Å². The SMILES string of the molecule is CC1CCCCC1NC(=O)Cc1coc2cc3c(cc12)CCC3. The first-order valence-corrected chi connectivity index (χ1v) is 9.02. The van der Waals surface area contributed by atoms with Crippen molar-refractivity contribution in [2.24, 2.45) is 5.92 Å². The average Bonchev–Trinajstić information content (AvgIpc) is 3.14. The molecule has 1 N–H and O–H groups in total. The zero-order valence-electron chi connectivity index (χ0n) is 13.9. The van der Waals surface area contributed by atoms with Crippen LogP contribution in [0.15, 0.2) is 22.8 Å². The van der Waals surface area contributed by atoms with Crippen LogP contribution in [-0.2, 0) is 24.1 Å². The Balaban J connectivity index is 1.50. The molecule has 2 unspecified atom stereocenters. The summed E-state index contributed by atoms with van der Waals surface area (Å²) in [5, 5.41) is 4.37. The molecular formula is C20H25NO2. The average molecular weight is 311 g/mol. The molecule has 2 aliphatic rings. The maximum atomic E-state index is 12.4. The lowest BCUT2D eigenvalue weighted by Gasteiger charge is -2.29. The summed E-state index contributed by atoms with van der Waals surface area (Å²) in [6, 6.07) is 4.76. The van der Waals surface area contributed by atoms with E-state index in [1.807, 2.05) is 0 Å². The van der Waals surface area contributed by atoms with E-state index in [0.29, 0.717) is 18.4 Å². The number of fused-ring (bicyclic) bond motifs is 2. The summed E-state index contributed by atoms with van der Waals surface area (Å²) in [6.45, 7) is 2.25. The molecule has 0 bridgehead atoms. The quantitative estimate of drug-likeness (QED) is 0.925. The summed E-state index contributed by atoms with van der Waals surface area (Å²) in [7, 11) is 0. The van der Waals surface area contributed by atoms with E-state index in [1.54, 1.807) is 6.26 Å². The molecule has 1 heterocycles. The Morgan fingerprint density at radius 3 is 2.78 bits per heavy atom. The normalized spacial score (nSPS) is 23.9. The maximum Gasteiger partial charge on any atom is 0.224 e. The number of hydrogen-bond donors (Lipinski definition) is 1. The highest BCUT2D eigenvalue weighted by Crippen LogP contribution is 2.30. The van der Waals surface area contributed by atoms with Crippen LogP contribution in [0.1, 0.15) is 55.7 Å². The van der Waals surface area contributed by atoms with Crippen molar-refractivity contribution in [2.75, 3.05) is 0 Å². The van der Waals surface area contributed by atoms with Gasteiger partial charge in [-0.2, -0.15) is 0 Å². The number of carbonyl (C=O) groups is 1. The van der Waals surface area contributed by atoms with Gasteiger partial charge in [0.05, 0.1) is 12.7 Å².